The summed E-state index contributed by atoms with van der Waals surface area (Å²) in [4.78, 5) is 30.3. The molecule has 2 heterocycles. The summed E-state index contributed by atoms with van der Waals surface area (Å²) in [7, 11) is -3.53. The van der Waals surface area contributed by atoms with Crippen LogP contribution in [0.2, 0.25) is 0 Å². The van der Waals surface area contributed by atoms with Gasteiger partial charge in [-0.1, -0.05) is 0 Å². The fourth-order valence-electron chi connectivity index (χ4n) is 2.97. The standard InChI is InChI=1S/C17H19N3O5S/c1-4-20-17(22)12(9-18-20)16(21)11-5-6-14(26(3,23)24)15(10(11)2)13-7-8-25-19-13/h5-7,9,18-19H,4,8H2,1-3H3. The molecule has 0 radical (unpaired) electrons. The van der Waals surface area contributed by atoms with Gasteiger partial charge in [0.2, 0.25) is 0 Å². The lowest BCUT2D eigenvalue weighted by Gasteiger charge is -2.15. The highest BCUT2D eigenvalue weighted by atomic mass is 32.2. The Morgan fingerprint density at radius 1 is 1.31 bits per heavy atom. The second-order valence-electron chi connectivity index (χ2n) is 5.98. The number of hydrogen-bond donors (Lipinski definition) is 2. The van der Waals surface area contributed by atoms with Gasteiger partial charge in [0.05, 0.1) is 17.2 Å². The summed E-state index contributed by atoms with van der Waals surface area (Å²) in [6.07, 6.45) is 4.18. The maximum Gasteiger partial charge on any atom is 0.277 e. The van der Waals surface area contributed by atoms with Crippen molar-refractivity contribution in [1.29, 1.82) is 0 Å². The number of nitrogens with one attached hydrogen (secondary N) is 2. The van der Waals surface area contributed by atoms with E-state index in [4.69, 9.17) is 4.84 Å². The van der Waals surface area contributed by atoms with Crippen LogP contribution in [-0.4, -0.2) is 36.8 Å². The molecule has 1 aromatic heterocycles. The zero-order valence-corrected chi connectivity index (χ0v) is 15.4. The van der Waals surface area contributed by atoms with Crippen LogP contribution < -0.4 is 11.0 Å². The van der Waals surface area contributed by atoms with Crippen molar-refractivity contribution < 1.29 is 18.0 Å². The van der Waals surface area contributed by atoms with Gasteiger partial charge in [-0.2, -0.15) is 0 Å². The number of sulfone groups is 1. The average Bonchev–Trinajstić information content (AvgIpc) is 3.22. The highest BCUT2D eigenvalue weighted by molar-refractivity contribution is 7.90. The Morgan fingerprint density at radius 3 is 2.58 bits per heavy atom. The number of aromatic nitrogens is 2. The van der Waals surface area contributed by atoms with E-state index in [9.17, 15) is 18.0 Å². The highest BCUT2D eigenvalue weighted by Crippen LogP contribution is 2.30. The Morgan fingerprint density at radius 2 is 2.04 bits per heavy atom. The van der Waals surface area contributed by atoms with E-state index in [-0.39, 0.29) is 22.6 Å². The molecule has 138 valence electrons. The lowest BCUT2D eigenvalue weighted by atomic mass is 9.95. The van der Waals surface area contributed by atoms with Crippen LogP contribution in [0.15, 0.2) is 34.1 Å². The number of carbonyl (C=O) groups is 1. The van der Waals surface area contributed by atoms with E-state index in [1.54, 1.807) is 19.9 Å². The number of carbonyl (C=O) groups excluding carboxylic acids is 1. The smallest absolute Gasteiger partial charge is 0.277 e. The summed E-state index contributed by atoms with van der Waals surface area (Å²) in [6, 6.07) is 2.83. The Balaban J connectivity index is 2.20. The van der Waals surface area contributed by atoms with Crippen molar-refractivity contribution in [3.05, 3.63) is 57.0 Å². The molecule has 0 saturated heterocycles. The first kappa shape index (κ1) is 18.2. The molecule has 26 heavy (non-hydrogen) atoms. The second-order valence-corrected chi connectivity index (χ2v) is 7.96. The van der Waals surface area contributed by atoms with Crippen molar-refractivity contribution in [1.82, 2.24) is 15.3 Å². The van der Waals surface area contributed by atoms with E-state index in [1.807, 2.05) is 0 Å². The first-order valence-corrected chi connectivity index (χ1v) is 9.89. The summed E-state index contributed by atoms with van der Waals surface area (Å²) in [6.45, 7) is 4.14. The van der Waals surface area contributed by atoms with Crippen molar-refractivity contribution in [2.45, 2.75) is 25.3 Å². The predicted octanol–water partition coefficient (Wildman–Crippen LogP) is 1.01. The van der Waals surface area contributed by atoms with Crippen LogP contribution >= 0.6 is 0 Å². The molecule has 0 amide bonds. The minimum atomic E-state index is -3.53. The number of ketones is 1. The van der Waals surface area contributed by atoms with Gasteiger partial charge in [0.1, 0.15) is 5.56 Å². The summed E-state index contributed by atoms with van der Waals surface area (Å²) >= 11 is 0. The van der Waals surface area contributed by atoms with E-state index in [2.05, 4.69) is 10.6 Å². The van der Waals surface area contributed by atoms with Crippen LogP contribution in [0.1, 0.15) is 34.0 Å². The monoisotopic (exact) mass is 377 g/mol. The predicted molar refractivity (Wildman–Crippen MR) is 95.5 cm³/mol. The number of H-pyrrole nitrogens is 1. The maximum absolute atomic E-state index is 12.9. The van der Waals surface area contributed by atoms with Crippen LogP contribution in [0.5, 0.6) is 0 Å². The third-order valence-electron chi connectivity index (χ3n) is 4.29. The van der Waals surface area contributed by atoms with Gasteiger partial charge in [-0.3, -0.25) is 24.6 Å². The first-order chi connectivity index (χ1) is 12.3. The van der Waals surface area contributed by atoms with Crippen molar-refractivity contribution >= 4 is 21.3 Å². The lowest BCUT2D eigenvalue weighted by molar-refractivity contribution is 0.103. The molecule has 3 rings (SSSR count). The number of hydroxylamine groups is 1. The number of aromatic amines is 1. The highest BCUT2D eigenvalue weighted by Gasteiger charge is 2.26. The normalized spacial score (nSPS) is 14.2. The largest absolute Gasteiger partial charge is 0.302 e. The van der Waals surface area contributed by atoms with Gasteiger partial charge in [-0.25, -0.2) is 8.42 Å². The maximum atomic E-state index is 12.9. The molecule has 1 aromatic carbocycles. The summed E-state index contributed by atoms with van der Waals surface area (Å²) < 4.78 is 25.7. The number of nitrogens with zero attached hydrogens (tertiary/aromatic N) is 1. The zero-order chi connectivity index (χ0) is 19.1. The number of hydrogen-bond acceptors (Lipinski definition) is 6. The Bertz CT molecular complexity index is 1080. The lowest BCUT2D eigenvalue weighted by Crippen LogP contribution is -2.22. The SMILES string of the molecule is CCn1[nH]cc(C(=O)c2ccc(S(C)(=O)=O)c(C3=CCON3)c2C)c1=O. The van der Waals surface area contributed by atoms with Gasteiger partial charge < -0.3 is 5.10 Å². The van der Waals surface area contributed by atoms with Gasteiger partial charge in [-0.05, 0) is 37.6 Å². The van der Waals surface area contributed by atoms with Crippen LogP contribution in [-0.2, 0) is 21.2 Å². The zero-order valence-electron chi connectivity index (χ0n) is 14.6. The third kappa shape index (κ3) is 2.99. The molecule has 2 aromatic rings. The molecular weight excluding hydrogens is 358 g/mol. The molecule has 0 bridgehead atoms. The van der Waals surface area contributed by atoms with Gasteiger partial charge in [0, 0.05) is 30.1 Å². The quantitative estimate of drug-likeness (QED) is 0.753. The molecule has 1 aliphatic heterocycles. The molecule has 1 aliphatic rings. The minimum Gasteiger partial charge on any atom is -0.302 e. The van der Waals surface area contributed by atoms with Crippen molar-refractivity contribution in [2.24, 2.45) is 0 Å². The third-order valence-corrected chi connectivity index (χ3v) is 5.43. The summed E-state index contributed by atoms with van der Waals surface area (Å²) in [5, 5.41) is 2.74. The average molecular weight is 377 g/mol. The molecular formula is C17H19N3O5S. The molecule has 8 nitrogen and oxygen atoms in total. The van der Waals surface area contributed by atoms with Gasteiger partial charge in [-0.15, -0.1) is 0 Å². The molecule has 2 N–H and O–H groups in total. The minimum absolute atomic E-state index is 0.0117. The summed E-state index contributed by atoms with van der Waals surface area (Å²) in [5.41, 5.74) is 3.86. The number of rotatable bonds is 5. The topological polar surface area (TPSA) is 110 Å². The van der Waals surface area contributed by atoms with Crippen molar-refractivity contribution in [3.63, 3.8) is 0 Å². The fourth-order valence-corrected chi connectivity index (χ4v) is 3.92. The van der Waals surface area contributed by atoms with E-state index in [0.29, 0.717) is 23.4 Å². The van der Waals surface area contributed by atoms with Crippen LogP contribution in [0, 0.1) is 6.92 Å². The van der Waals surface area contributed by atoms with Crippen LogP contribution in [0.3, 0.4) is 0 Å². The van der Waals surface area contributed by atoms with Gasteiger partial charge >= 0.3 is 0 Å². The van der Waals surface area contributed by atoms with Gasteiger partial charge in [0.15, 0.2) is 15.6 Å². The molecule has 0 fully saturated rings. The Kier molecular flexibility index (Phi) is 4.59. The molecule has 0 atom stereocenters. The van der Waals surface area contributed by atoms with Crippen LogP contribution in [0.4, 0.5) is 0 Å². The van der Waals surface area contributed by atoms with E-state index in [0.717, 1.165) is 6.26 Å². The number of benzene rings is 1. The van der Waals surface area contributed by atoms with Gasteiger partial charge in [0.25, 0.3) is 5.56 Å². The summed E-state index contributed by atoms with van der Waals surface area (Å²) in [5.74, 6) is -0.461. The fraction of sp³-hybridized carbons (Fsp3) is 0.294. The van der Waals surface area contributed by atoms with Crippen molar-refractivity contribution in [3.8, 4) is 0 Å². The Hall–Kier alpha value is -2.65. The second kappa shape index (κ2) is 6.58. The molecule has 0 saturated carbocycles. The number of aryl methyl sites for hydroxylation is 1. The van der Waals surface area contributed by atoms with Crippen LogP contribution in [0.25, 0.3) is 5.70 Å². The molecule has 0 aliphatic carbocycles. The molecule has 0 unspecified atom stereocenters. The van der Waals surface area contributed by atoms with E-state index >= 15 is 0 Å². The van der Waals surface area contributed by atoms with E-state index in [1.165, 1.54) is 23.0 Å². The van der Waals surface area contributed by atoms with E-state index < -0.39 is 21.2 Å². The molecule has 9 heteroatoms. The first-order valence-electron chi connectivity index (χ1n) is 8.00. The molecule has 0 spiro atoms. The van der Waals surface area contributed by atoms with Crippen molar-refractivity contribution in [2.75, 3.05) is 12.9 Å². The Labute approximate surface area is 150 Å².